The Morgan fingerprint density at radius 1 is 1.38 bits per heavy atom. The van der Waals surface area contributed by atoms with Crippen molar-refractivity contribution < 1.29 is 14.3 Å². The third-order valence-electron chi connectivity index (χ3n) is 2.40. The molecule has 2 unspecified atom stereocenters. The molecular formula is C11H22N2O3. The van der Waals surface area contributed by atoms with E-state index in [0.717, 1.165) is 6.42 Å². The van der Waals surface area contributed by atoms with Crippen molar-refractivity contribution in [1.29, 1.82) is 0 Å². The average Bonchev–Trinajstić information content (AvgIpc) is 2.26. The SMILES string of the molecule is CCOC(=O)C(C)NC(=O)CC(CC)CN. The molecule has 5 nitrogen and oxygen atoms in total. The number of carbonyl (C=O) groups excluding carboxylic acids is 2. The Morgan fingerprint density at radius 3 is 2.44 bits per heavy atom. The molecule has 1 amide bonds. The molecule has 0 spiro atoms. The molecule has 0 rings (SSSR count). The lowest BCUT2D eigenvalue weighted by atomic mass is 10.0. The molecule has 0 saturated carbocycles. The van der Waals surface area contributed by atoms with Gasteiger partial charge in [-0.2, -0.15) is 0 Å². The molecule has 16 heavy (non-hydrogen) atoms. The first-order valence-electron chi connectivity index (χ1n) is 5.71. The summed E-state index contributed by atoms with van der Waals surface area (Å²) < 4.78 is 4.78. The third-order valence-corrected chi connectivity index (χ3v) is 2.40. The molecule has 0 aliphatic carbocycles. The van der Waals surface area contributed by atoms with Crippen LogP contribution in [0.2, 0.25) is 0 Å². The molecule has 0 radical (unpaired) electrons. The Morgan fingerprint density at radius 2 is 2.00 bits per heavy atom. The summed E-state index contributed by atoms with van der Waals surface area (Å²) in [4.78, 5) is 22.8. The normalized spacial score (nSPS) is 14.0. The van der Waals surface area contributed by atoms with Gasteiger partial charge in [-0.1, -0.05) is 13.3 Å². The number of hydrogen-bond acceptors (Lipinski definition) is 4. The van der Waals surface area contributed by atoms with Crippen molar-refractivity contribution in [1.82, 2.24) is 5.32 Å². The Hall–Kier alpha value is -1.10. The maximum absolute atomic E-state index is 11.5. The molecule has 0 bridgehead atoms. The summed E-state index contributed by atoms with van der Waals surface area (Å²) in [5.74, 6) is -0.385. The topological polar surface area (TPSA) is 81.4 Å². The summed E-state index contributed by atoms with van der Waals surface area (Å²) in [5, 5.41) is 2.59. The van der Waals surface area contributed by atoms with E-state index in [9.17, 15) is 9.59 Å². The number of nitrogens with two attached hydrogens (primary N) is 1. The van der Waals surface area contributed by atoms with Gasteiger partial charge in [0.15, 0.2) is 0 Å². The molecule has 0 aliphatic heterocycles. The van der Waals surface area contributed by atoms with Crippen LogP contribution < -0.4 is 11.1 Å². The molecule has 0 aromatic heterocycles. The van der Waals surface area contributed by atoms with E-state index in [-0.39, 0.29) is 11.8 Å². The Balaban J connectivity index is 3.99. The number of esters is 1. The zero-order valence-electron chi connectivity index (χ0n) is 10.3. The van der Waals surface area contributed by atoms with Gasteiger partial charge in [0.1, 0.15) is 6.04 Å². The summed E-state index contributed by atoms with van der Waals surface area (Å²) in [6, 6.07) is -0.595. The van der Waals surface area contributed by atoms with Gasteiger partial charge in [0.25, 0.3) is 0 Å². The van der Waals surface area contributed by atoms with Crippen molar-refractivity contribution in [2.24, 2.45) is 11.7 Å². The van der Waals surface area contributed by atoms with Crippen LogP contribution in [0.3, 0.4) is 0 Å². The van der Waals surface area contributed by atoms with E-state index in [0.29, 0.717) is 19.6 Å². The third kappa shape index (κ3) is 5.70. The lowest BCUT2D eigenvalue weighted by Crippen LogP contribution is -2.40. The van der Waals surface area contributed by atoms with Crippen LogP contribution in [0.4, 0.5) is 0 Å². The van der Waals surface area contributed by atoms with Crippen LogP contribution in [0.1, 0.15) is 33.6 Å². The molecule has 0 heterocycles. The second-order valence-corrected chi connectivity index (χ2v) is 3.76. The highest BCUT2D eigenvalue weighted by atomic mass is 16.5. The molecule has 0 aromatic rings. The van der Waals surface area contributed by atoms with Crippen LogP contribution >= 0.6 is 0 Å². The monoisotopic (exact) mass is 230 g/mol. The summed E-state index contributed by atoms with van der Waals surface area (Å²) in [6.45, 7) is 6.13. The van der Waals surface area contributed by atoms with Crippen molar-refractivity contribution in [2.45, 2.75) is 39.7 Å². The lowest BCUT2D eigenvalue weighted by Gasteiger charge is -2.15. The zero-order chi connectivity index (χ0) is 12.6. The van der Waals surface area contributed by atoms with Crippen molar-refractivity contribution in [3.8, 4) is 0 Å². The number of carbonyl (C=O) groups is 2. The fourth-order valence-electron chi connectivity index (χ4n) is 1.28. The molecular weight excluding hydrogens is 208 g/mol. The fourth-order valence-corrected chi connectivity index (χ4v) is 1.28. The number of hydrogen-bond donors (Lipinski definition) is 2. The number of ether oxygens (including phenoxy) is 1. The largest absolute Gasteiger partial charge is 0.464 e. The minimum Gasteiger partial charge on any atom is -0.464 e. The van der Waals surface area contributed by atoms with Crippen LogP contribution in [0.5, 0.6) is 0 Å². The van der Waals surface area contributed by atoms with Gasteiger partial charge in [0.05, 0.1) is 6.61 Å². The minimum absolute atomic E-state index is 0.155. The number of nitrogens with one attached hydrogen (secondary N) is 1. The minimum atomic E-state index is -0.595. The number of rotatable bonds is 7. The maximum Gasteiger partial charge on any atom is 0.328 e. The summed E-state index contributed by atoms with van der Waals surface area (Å²) in [7, 11) is 0. The van der Waals surface area contributed by atoms with Crippen LogP contribution in [0, 0.1) is 5.92 Å². The summed E-state index contributed by atoms with van der Waals surface area (Å²) in [6.07, 6.45) is 1.22. The standard InChI is InChI=1S/C11H22N2O3/c1-4-9(7-12)6-10(14)13-8(3)11(15)16-5-2/h8-9H,4-7,12H2,1-3H3,(H,13,14). The number of amides is 1. The van der Waals surface area contributed by atoms with E-state index >= 15 is 0 Å². The highest BCUT2D eigenvalue weighted by molar-refractivity contribution is 5.84. The first-order valence-corrected chi connectivity index (χ1v) is 5.71. The second kappa shape index (κ2) is 8.10. The van der Waals surface area contributed by atoms with E-state index in [4.69, 9.17) is 10.5 Å². The van der Waals surface area contributed by atoms with E-state index in [1.807, 2.05) is 6.92 Å². The molecule has 0 aliphatic rings. The van der Waals surface area contributed by atoms with E-state index in [1.165, 1.54) is 0 Å². The van der Waals surface area contributed by atoms with E-state index in [1.54, 1.807) is 13.8 Å². The van der Waals surface area contributed by atoms with Gasteiger partial charge in [-0.25, -0.2) is 4.79 Å². The Bertz CT molecular complexity index is 227. The first-order chi connectivity index (χ1) is 7.54. The van der Waals surface area contributed by atoms with Gasteiger partial charge in [-0.05, 0) is 26.3 Å². The van der Waals surface area contributed by atoms with Crippen molar-refractivity contribution in [2.75, 3.05) is 13.2 Å². The van der Waals surface area contributed by atoms with E-state index < -0.39 is 12.0 Å². The molecule has 0 saturated heterocycles. The first kappa shape index (κ1) is 14.9. The van der Waals surface area contributed by atoms with Crippen molar-refractivity contribution >= 4 is 11.9 Å². The van der Waals surface area contributed by atoms with Crippen LogP contribution in [0.15, 0.2) is 0 Å². The van der Waals surface area contributed by atoms with Crippen LogP contribution in [0.25, 0.3) is 0 Å². The van der Waals surface area contributed by atoms with Crippen molar-refractivity contribution in [3.63, 3.8) is 0 Å². The van der Waals surface area contributed by atoms with Crippen molar-refractivity contribution in [3.05, 3.63) is 0 Å². The summed E-state index contributed by atoms with van der Waals surface area (Å²) in [5.41, 5.74) is 5.50. The fraction of sp³-hybridized carbons (Fsp3) is 0.818. The Kier molecular flexibility index (Phi) is 7.54. The van der Waals surface area contributed by atoms with Gasteiger partial charge in [-0.15, -0.1) is 0 Å². The lowest BCUT2D eigenvalue weighted by molar-refractivity contribution is -0.146. The smallest absolute Gasteiger partial charge is 0.328 e. The summed E-state index contributed by atoms with van der Waals surface area (Å²) >= 11 is 0. The predicted octanol–water partition coefficient (Wildman–Crippen LogP) is 0.429. The molecule has 94 valence electrons. The second-order valence-electron chi connectivity index (χ2n) is 3.76. The average molecular weight is 230 g/mol. The Labute approximate surface area is 96.7 Å². The van der Waals surface area contributed by atoms with Crippen LogP contribution in [-0.2, 0) is 14.3 Å². The molecule has 0 aromatic carbocycles. The van der Waals surface area contributed by atoms with Gasteiger partial charge < -0.3 is 15.8 Å². The van der Waals surface area contributed by atoms with Gasteiger partial charge >= 0.3 is 5.97 Å². The molecule has 3 N–H and O–H groups in total. The molecule has 2 atom stereocenters. The van der Waals surface area contributed by atoms with Gasteiger partial charge in [-0.3, -0.25) is 4.79 Å². The zero-order valence-corrected chi connectivity index (χ0v) is 10.3. The van der Waals surface area contributed by atoms with Gasteiger partial charge in [0, 0.05) is 6.42 Å². The highest BCUT2D eigenvalue weighted by Crippen LogP contribution is 2.05. The highest BCUT2D eigenvalue weighted by Gasteiger charge is 2.18. The maximum atomic E-state index is 11.5. The molecule has 5 heteroatoms. The van der Waals surface area contributed by atoms with Crippen LogP contribution in [-0.4, -0.2) is 31.1 Å². The molecule has 0 fully saturated rings. The van der Waals surface area contributed by atoms with Gasteiger partial charge in [0.2, 0.25) is 5.91 Å². The quantitative estimate of drug-likeness (QED) is 0.621. The predicted molar refractivity (Wildman–Crippen MR) is 61.7 cm³/mol. The van der Waals surface area contributed by atoms with E-state index in [2.05, 4.69) is 5.32 Å².